The number of nitrogens with one attached hydrogen (secondary N) is 2. The van der Waals surface area contributed by atoms with Gasteiger partial charge in [-0.1, -0.05) is 29.5 Å². The van der Waals surface area contributed by atoms with Crippen LogP contribution in [0.5, 0.6) is 5.75 Å². The summed E-state index contributed by atoms with van der Waals surface area (Å²) in [7, 11) is 1.61. The topological polar surface area (TPSA) is 81.1 Å². The Balaban J connectivity index is 1.57. The first-order valence-electron chi connectivity index (χ1n) is 9.80. The van der Waals surface area contributed by atoms with Crippen LogP contribution in [0.3, 0.4) is 0 Å². The van der Waals surface area contributed by atoms with Crippen LogP contribution < -0.4 is 15.4 Å². The molecule has 0 saturated carbocycles. The van der Waals surface area contributed by atoms with E-state index < -0.39 is 0 Å². The molecule has 3 aromatic rings. The fourth-order valence-corrected chi connectivity index (χ4v) is 3.88. The minimum absolute atomic E-state index is 0.0919. The van der Waals surface area contributed by atoms with Crippen molar-refractivity contribution < 1.29 is 9.53 Å². The van der Waals surface area contributed by atoms with Gasteiger partial charge in [0, 0.05) is 17.9 Å². The van der Waals surface area contributed by atoms with Crippen molar-refractivity contribution in [2.75, 3.05) is 23.5 Å². The van der Waals surface area contributed by atoms with E-state index in [0.717, 1.165) is 34.6 Å². The number of carbonyl (C=O) groups is 1. The Morgan fingerprint density at radius 1 is 1.13 bits per heavy atom. The first kappa shape index (κ1) is 21.7. The summed E-state index contributed by atoms with van der Waals surface area (Å²) < 4.78 is 7.16. The highest BCUT2D eigenvalue weighted by molar-refractivity contribution is 7.99. The number of hydrogen-bond donors (Lipinski definition) is 2. The number of ether oxygens (including phenoxy) is 1. The van der Waals surface area contributed by atoms with Crippen LogP contribution >= 0.6 is 11.8 Å². The third-order valence-corrected chi connectivity index (χ3v) is 5.60. The summed E-state index contributed by atoms with van der Waals surface area (Å²) in [5, 5.41) is 15.6. The van der Waals surface area contributed by atoms with Crippen LogP contribution in [0.2, 0.25) is 0 Å². The van der Waals surface area contributed by atoms with Gasteiger partial charge in [0.05, 0.1) is 19.4 Å². The van der Waals surface area contributed by atoms with Gasteiger partial charge >= 0.3 is 0 Å². The van der Waals surface area contributed by atoms with E-state index in [9.17, 15) is 4.79 Å². The normalized spacial score (nSPS) is 10.7. The quantitative estimate of drug-likeness (QED) is 0.499. The van der Waals surface area contributed by atoms with E-state index in [4.69, 9.17) is 4.74 Å². The van der Waals surface area contributed by atoms with Crippen LogP contribution in [-0.2, 0) is 17.9 Å². The summed E-state index contributed by atoms with van der Waals surface area (Å²) in [5.74, 6) is 1.76. The van der Waals surface area contributed by atoms with Crippen molar-refractivity contribution in [1.29, 1.82) is 0 Å². The van der Waals surface area contributed by atoms with Gasteiger partial charge in [-0.2, -0.15) is 0 Å². The van der Waals surface area contributed by atoms with Gasteiger partial charge in [-0.3, -0.25) is 4.79 Å². The van der Waals surface area contributed by atoms with Gasteiger partial charge in [0.2, 0.25) is 5.91 Å². The molecule has 0 radical (unpaired) electrons. The number of amides is 1. The maximum atomic E-state index is 12.3. The van der Waals surface area contributed by atoms with Crippen LogP contribution in [0.25, 0.3) is 0 Å². The maximum Gasteiger partial charge on any atom is 0.234 e. The van der Waals surface area contributed by atoms with Gasteiger partial charge in [-0.15, -0.1) is 10.2 Å². The number of benzene rings is 2. The van der Waals surface area contributed by atoms with Crippen molar-refractivity contribution in [2.24, 2.45) is 0 Å². The van der Waals surface area contributed by atoms with Crippen molar-refractivity contribution in [2.45, 2.75) is 39.0 Å². The summed E-state index contributed by atoms with van der Waals surface area (Å²) in [6.45, 7) is 7.52. The zero-order valence-electron chi connectivity index (χ0n) is 17.7. The van der Waals surface area contributed by atoms with Crippen molar-refractivity contribution in [1.82, 2.24) is 14.8 Å². The molecule has 0 aliphatic carbocycles. The van der Waals surface area contributed by atoms with Gasteiger partial charge in [-0.05, 0) is 56.7 Å². The number of carbonyl (C=O) groups excluding carboxylic acids is 1. The van der Waals surface area contributed by atoms with Crippen LogP contribution in [0, 0.1) is 13.8 Å². The third kappa shape index (κ3) is 5.54. The SMILES string of the molecule is CCn1c(CNc2ccc(C)cc2C)nnc1SCC(=O)Nc1ccc(OC)cc1. The lowest BCUT2D eigenvalue weighted by Gasteiger charge is -2.11. The van der Waals surface area contributed by atoms with Gasteiger partial charge in [0.15, 0.2) is 11.0 Å². The minimum Gasteiger partial charge on any atom is -0.497 e. The van der Waals surface area contributed by atoms with Crippen LogP contribution in [0.15, 0.2) is 47.6 Å². The van der Waals surface area contributed by atoms with Gasteiger partial charge in [0.1, 0.15) is 5.75 Å². The molecule has 7 nitrogen and oxygen atoms in total. The molecule has 0 saturated heterocycles. The maximum absolute atomic E-state index is 12.3. The Bertz CT molecular complexity index is 1000. The molecule has 2 aromatic carbocycles. The molecule has 158 valence electrons. The molecule has 0 bridgehead atoms. The first-order valence-corrected chi connectivity index (χ1v) is 10.8. The predicted octanol–water partition coefficient (Wildman–Crippen LogP) is 4.27. The molecule has 1 heterocycles. The molecule has 0 unspecified atom stereocenters. The number of methoxy groups -OCH3 is 1. The Morgan fingerprint density at radius 2 is 1.90 bits per heavy atom. The van der Waals surface area contributed by atoms with Crippen molar-refractivity contribution >= 4 is 29.0 Å². The molecule has 0 fully saturated rings. The second kappa shape index (κ2) is 10.2. The summed E-state index contributed by atoms with van der Waals surface area (Å²) in [5.41, 5.74) is 4.25. The molecule has 30 heavy (non-hydrogen) atoms. The van der Waals surface area contributed by atoms with Crippen LogP contribution in [0.4, 0.5) is 11.4 Å². The second-order valence-corrected chi connectivity index (χ2v) is 7.82. The number of aryl methyl sites for hydroxylation is 2. The molecule has 0 aliphatic heterocycles. The van der Waals surface area contributed by atoms with Gasteiger partial charge in [-0.25, -0.2) is 0 Å². The van der Waals surface area contributed by atoms with Crippen molar-refractivity contribution in [3.8, 4) is 5.75 Å². The highest BCUT2D eigenvalue weighted by Gasteiger charge is 2.13. The van der Waals surface area contributed by atoms with E-state index in [1.807, 2.05) is 35.8 Å². The van der Waals surface area contributed by atoms with Gasteiger partial charge in [0.25, 0.3) is 0 Å². The van der Waals surface area contributed by atoms with E-state index in [0.29, 0.717) is 6.54 Å². The Labute approximate surface area is 181 Å². The summed E-state index contributed by atoms with van der Waals surface area (Å²) in [6.07, 6.45) is 0. The van der Waals surface area contributed by atoms with E-state index in [1.165, 1.54) is 22.9 Å². The fourth-order valence-electron chi connectivity index (χ4n) is 3.06. The standard InChI is InChI=1S/C22H27N5O2S/c1-5-27-20(13-23-19-11-6-15(2)12-16(19)3)25-26-22(27)30-14-21(28)24-17-7-9-18(29-4)10-8-17/h6-12,23H,5,13-14H2,1-4H3,(H,24,28). The lowest BCUT2D eigenvalue weighted by atomic mass is 10.1. The molecular weight excluding hydrogens is 398 g/mol. The molecule has 0 aliphatic rings. The molecule has 0 atom stereocenters. The molecule has 1 aromatic heterocycles. The Hall–Kier alpha value is -3.00. The van der Waals surface area contributed by atoms with Crippen LogP contribution in [0.1, 0.15) is 23.9 Å². The zero-order valence-corrected chi connectivity index (χ0v) is 18.5. The molecular formula is C22H27N5O2S. The molecule has 2 N–H and O–H groups in total. The molecule has 3 rings (SSSR count). The number of rotatable bonds is 9. The average molecular weight is 426 g/mol. The highest BCUT2D eigenvalue weighted by atomic mass is 32.2. The second-order valence-electron chi connectivity index (χ2n) is 6.88. The lowest BCUT2D eigenvalue weighted by molar-refractivity contribution is -0.113. The third-order valence-electron chi connectivity index (χ3n) is 4.63. The van der Waals surface area contributed by atoms with E-state index in [2.05, 4.69) is 52.9 Å². The van der Waals surface area contributed by atoms with Crippen LogP contribution in [-0.4, -0.2) is 33.5 Å². The molecule has 0 spiro atoms. The first-order chi connectivity index (χ1) is 14.5. The Kier molecular flexibility index (Phi) is 7.35. The number of nitrogens with zero attached hydrogens (tertiary/aromatic N) is 3. The van der Waals surface area contributed by atoms with E-state index in [1.54, 1.807) is 7.11 Å². The highest BCUT2D eigenvalue weighted by Crippen LogP contribution is 2.21. The number of anilines is 2. The number of hydrogen-bond acceptors (Lipinski definition) is 6. The summed E-state index contributed by atoms with van der Waals surface area (Å²) >= 11 is 1.38. The minimum atomic E-state index is -0.0919. The predicted molar refractivity (Wildman–Crippen MR) is 121 cm³/mol. The number of thioether (sulfide) groups is 1. The summed E-state index contributed by atoms with van der Waals surface area (Å²) in [6, 6.07) is 13.6. The molecule has 8 heteroatoms. The summed E-state index contributed by atoms with van der Waals surface area (Å²) in [4.78, 5) is 12.3. The molecule has 1 amide bonds. The van der Waals surface area contributed by atoms with Crippen molar-refractivity contribution in [3.63, 3.8) is 0 Å². The van der Waals surface area contributed by atoms with Crippen molar-refractivity contribution in [3.05, 3.63) is 59.4 Å². The lowest BCUT2D eigenvalue weighted by Crippen LogP contribution is -2.15. The largest absolute Gasteiger partial charge is 0.497 e. The fraction of sp³-hybridized carbons (Fsp3) is 0.318. The monoisotopic (exact) mass is 425 g/mol. The average Bonchev–Trinajstić information content (AvgIpc) is 3.14. The smallest absolute Gasteiger partial charge is 0.234 e. The van der Waals surface area contributed by atoms with Gasteiger partial charge < -0.3 is 19.9 Å². The Morgan fingerprint density at radius 3 is 2.57 bits per heavy atom. The zero-order chi connectivity index (χ0) is 21.5. The number of aromatic nitrogens is 3. The van der Waals surface area contributed by atoms with E-state index >= 15 is 0 Å². The van der Waals surface area contributed by atoms with E-state index in [-0.39, 0.29) is 11.7 Å².